The molecule has 0 saturated carbocycles. The maximum absolute atomic E-state index is 9.00. The third-order valence-corrected chi connectivity index (χ3v) is 1.92. The first-order valence-corrected chi connectivity index (χ1v) is 5.65. The molecule has 0 spiro atoms. The van der Waals surface area contributed by atoms with Gasteiger partial charge in [0.25, 0.3) is 11.9 Å². The molecule has 0 radical (unpaired) electrons. The first-order chi connectivity index (χ1) is 8.29. The number of carboxylic acids is 2. The lowest BCUT2D eigenvalue weighted by atomic mass is 10.3. The van der Waals surface area contributed by atoms with Crippen LogP contribution >= 0.6 is 0 Å². The molecule has 7 nitrogen and oxygen atoms in total. The predicted molar refractivity (Wildman–Crippen MR) is 67.5 cm³/mol. The Hall–Kier alpha value is -1.18. The van der Waals surface area contributed by atoms with Crippen molar-refractivity contribution in [3.8, 4) is 0 Å². The van der Waals surface area contributed by atoms with Crippen molar-refractivity contribution in [2.24, 2.45) is 5.73 Å². The topological polar surface area (TPSA) is 113 Å². The van der Waals surface area contributed by atoms with E-state index in [0.717, 1.165) is 46.5 Å². The second-order valence-electron chi connectivity index (χ2n) is 3.88. The lowest BCUT2D eigenvalue weighted by Gasteiger charge is -2.13. The molecule has 0 amide bonds. The molecule has 108 valence electrons. The van der Waals surface area contributed by atoms with E-state index >= 15 is 0 Å². The lowest BCUT2D eigenvalue weighted by Crippen LogP contribution is -2.28. The Bertz CT molecular complexity index is 215. The zero-order valence-corrected chi connectivity index (χ0v) is 11.3. The standard InChI is InChI=1S/C7H16N2O.2C2H4O2/c1-10-5-4-9-3-2-7(8)6-9;2*1-2(3)4/h7H,2-6,8H2,1H3;2*1H3,(H,3,4). The molecule has 1 rings (SSSR count). The Morgan fingerprint density at radius 1 is 1.33 bits per heavy atom. The number of ether oxygens (including phenoxy) is 1. The van der Waals surface area contributed by atoms with Crippen LogP contribution in [0, 0.1) is 0 Å². The van der Waals surface area contributed by atoms with Crippen LogP contribution in [0.15, 0.2) is 0 Å². The molecule has 0 bridgehead atoms. The Labute approximate surface area is 108 Å². The number of likely N-dealkylation sites (tertiary alicyclic amines) is 1. The summed E-state index contributed by atoms with van der Waals surface area (Å²) < 4.78 is 4.96. The van der Waals surface area contributed by atoms with Crippen molar-refractivity contribution in [1.82, 2.24) is 4.90 Å². The molecule has 1 aliphatic rings. The van der Waals surface area contributed by atoms with E-state index in [2.05, 4.69) is 4.90 Å². The van der Waals surface area contributed by atoms with Gasteiger partial charge in [-0.2, -0.15) is 0 Å². The number of aliphatic carboxylic acids is 2. The highest BCUT2D eigenvalue weighted by atomic mass is 16.5. The van der Waals surface area contributed by atoms with Gasteiger partial charge in [-0.15, -0.1) is 0 Å². The molecule has 4 N–H and O–H groups in total. The molecule has 7 heteroatoms. The van der Waals surface area contributed by atoms with Crippen LogP contribution in [0.25, 0.3) is 0 Å². The van der Waals surface area contributed by atoms with Gasteiger partial charge in [0.2, 0.25) is 0 Å². The first-order valence-electron chi connectivity index (χ1n) is 5.65. The van der Waals surface area contributed by atoms with Crippen LogP contribution in [0.4, 0.5) is 0 Å². The Morgan fingerprint density at radius 3 is 2.06 bits per heavy atom. The quantitative estimate of drug-likeness (QED) is 0.649. The third-order valence-electron chi connectivity index (χ3n) is 1.92. The predicted octanol–water partition coefficient (Wildman–Crippen LogP) is -0.152. The first kappa shape index (κ1) is 19.2. The van der Waals surface area contributed by atoms with Gasteiger partial charge in [0, 0.05) is 40.1 Å². The largest absolute Gasteiger partial charge is 0.481 e. The van der Waals surface area contributed by atoms with Gasteiger partial charge in [-0.25, -0.2) is 0 Å². The van der Waals surface area contributed by atoms with Gasteiger partial charge >= 0.3 is 0 Å². The molecule has 0 aromatic carbocycles. The molecular formula is C11H24N2O5. The van der Waals surface area contributed by atoms with Crippen molar-refractivity contribution >= 4 is 11.9 Å². The zero-order chi connectivity index (χ0) is 14.6. The van der Waals surface area contributed by atoms with Gasteiger partial charge in [-0.05, 0) is 13.0 Å². The summed E-state index contributed by atoms with van der Waals surface area (Å²) in [5.74, 6) is -1.67. The van der Waals surface area contributed by atoms with Gasteiger partial charge < -0.3 is 20.7 Å². The number of rotatable bonds is 3. The summed E-state index contributed by atoms with van der Waals surface area (Å²) in [5, 5.41) is 14.8. The fraction of sp³-hybridized carbons (Fsp3) is 0.818. The summed E-state index contributed by atoms with van der Waals surface area (Å²) in [6.45, 7) is 6.21. The van der Waals surface area contributed by atoms with Gasteiger partial charge in [0.1, 0.15) is 0 Å². The van der Waals surface area contributed by atoms with Crippen molar-refractivity contribution in [1.29, 1.82) is 0 Å². The van der Waals surface area contributed by atoms with E-state index in [-0.39, 0.29) is 0 Å². The molecule has 18 heavy (non-hydrogen) atoms. The second kappa shape index (κ2) is 12.3. The summed E-state index contributed by atoms with van der Waals surface area (Å²) in [4.78, 5) is 20.3. The Balaban J connectivity index is 0. The fourth-order valence-corrected chi connectivity index (χ4v) is 1.29. The summed E-state index contributed by atoms with van der Waals surface area (Å²) in [5.41, 5.74) is 5.71. The molecule has 0 aliphatic carbocycles. The minimum Gasteiger partial charge on any atom is -0.481 e. The monoisotopic (exact) mass is 264 g/mol. The summed E-state index contributed by atoms with van der Waals surface area (Å²) in [6.07, 6.45) is 1.14. The molecule has 1 fully saturated rings. The highest BCUT2D eigenvalue weighted by Gasteiger charge is 2.17. The number of hydrogen-bond donors (Lipinski definition) is 3. The van der Waals surface area contributed by atoms with Crippen molar-refractivity contribution in [2.45, 2.75) is 26.3 Å². The maximum Gasteiger partial charge on any atom is 0.300 e. The molecule has 0 aromatic heterocycles. The smallest absolute Gasteiger partial charge is 0.300 e. The van der Waals surface area contributed by atoms with Gasteiger partial charge in [-0.3, -0.25) is 14.5 Å². The Kier molecular flexibility index (Phi) is 13.1. The van der Waals surface area contributed by atoms with Crippen LogP contribution in [0.5, 0.6) is 0 Å². The zero-order valence-electron chi connectivity index (χ0n) is 11.3. The van der Waals surface area contributed by atoms with Gasteiger partial charge in [-0.1, -0.05) is 0 Å². The summed E-state index contributed by atoms with van der Waals surface area (Å²) in [6, 6.07) is 0.400. The van der Waals surface area contributed by atoms with E-state index in [9.17, 15) is 0 Å². The number of methoxy groups -OCH3 is 1. The van der Waals surface area contributed by atoms with Crippen molar-refractivity contribution in [3.63, 3.8) is 0 Å². The van der Waals surface area contributed by atoms with Crippen LogP contribution in [-0.2, 0) is 14.3 Å². The normalized spacial score (nSPS) is 18.1. The van der Waals surface area contributed by atoms with Crippen LogP contribution in [0.3, 0.4) is 0 Å². The summed E-state index contributed by atoms with van der Waals surface area (Å²) in [7, 11) is 1.73. The molecule has 1 unspecified atom stereocenters. The highest BCUT2D eigenvalue weighted by molar-refractivity contribution is 5.63. The molecule has 1 heterocycles. The minimum atomic E-state index is -0.833. The fourth-order valence-electron chi connectivity index (χ4n) is 1.29. The number of carboxylic acid groups (broad SMARTS) is 2. The minimum absolute atomic E-state index is 0.400. The number of nitrogens with zero attached hydrogens (tertiary/aromatic N) is 1. The number of nitrogens with two attached hydrogens (primary N) is 1. The van der Waals surface area contributed by atoms with Gasteiger partial charge in [0.05, 0.1) is 6.61 Å². The van der Waals surface area contributed by atoms with Crippen LogP contribution < -0.4 is 5.73 Å². The van der Waals surface area contributed by atoms with Crippen molar-refractivity contribution in [2.75, 3.05) is 33.4 Å². The van der Waals surface area contributed by atoms with Crippen LogP contribution in [0.2, 0.25) is 0 Å². The summed E-state index contributed by atoms with van der Waals surface area (Å²) >= 11 is 0. The molecule has 0 aromatic rings. The van der Waals surface area contributed by atoms with E-state index in [4.69, 9.17) is 30.3 Å². The van der Waals surface area contributed by atoms with Crippen molar-refractivity contribution < 1.29 is 24.5 Å². The second-order valence-corrected chi connectivity index (χ2v) is 3.88. The Morgan fingerprint density at radius 2 is 1.78 bits per heavy atom. The number of hydrogen-bond acceptors (Lipinski definition) is 5. The average molecular weight is 264 g/mol. The van der Waals surface area contributed by atoms with E-state index in [1.165, 1.54) is 0 Å². The third kappa shape index (κ3) is 20.3. The van der Waals surface area contributed by atoms with Crippen molar-refractivity contribution in [3.05, 3.63) is 0 Å². The van der Waals surface area contributed by atoms with E-state index in [1.54, 1.807) is 7.11 Å². The highest BCUT2D eigenvalue weighted by Crippen LogP contribution is 2.05. The SMILES string of the molecule is CC(=O)O.CC(=O)O.COCCN1CCC(N)C1. The number of carbonyl (C=O) groups is 2. The van der Waals surface area contributed by atoms with Crippen LogP contribution in [-0.4, -0.2) is 66.4 Å². The molecule has 1 atom stereocenters. The van der Waals surface area contributed by atoms with E-state index < -0.39 is 11.9 Å². The molecular weight excluding hydrogens is 240 g/mol. The average Bonchev–Trinajstić information content (AvgIpc) is 2.59. The van der Waals surface area contributed by atoms with E-state index in [1.807, 2.05) is 0 Å². The molecule has 1 aliphatic heterocycles. The van der Waals surface area contributed by atoms with Gasteiger partial charge in [0.15, 0.2) is 0 Å². The van der Waals surface area contributed by atoms with Crippen LogP contribution in [0.1, 0.15) is 20.3 Å². The maximum atomic E-state index is 9.00. The lowest BCUT2D eigenvalue weighted by molar-refractivity contribution is -0.135. The molecule has 1 saturated heterocycles. The van der Waals surface area contributed by atoms with E-state index in [0.29, 0.717) is 6.04 Å².